The molecule has 2 atom stereocenters. The van der Waals surface area contributed by atoms with Crippen LogP contribution in [-0.4, -0.2) is 51.8 Å². The fourth-order valence-electron chi connectivity index (χ4n) is 1.54. The van der Waals surface area contributed by atoms with E-state index in [1.54, 1.807) is 0 Å². The standard InChI is InChI=1S/C15H16F9N7/c1-6(4-26-5-9(25)15(22,23)24)10-29-11(27-7(2)13(16,17)18)31-12(30-10)28-8(3)14(19,20)21/h4-5,7-8H,1,25H2,2-3H3,(H2,27,28,29,30,31)/b9-5-,26-4?/t7-,8-/m1/s1. The molecule has 0 bridgehead atoms. The number of nitrogens with one attached hydrogen (secondary N) is 2. The number of allylic oxidation sites excluding steroid dienone is 2. The molecule has 0 spiro atoms. The van der Waals surface area contributed by atoms with Crippen LogP contribution in [0.1, 0.15) is 19.7 Å². The molecule has 1 aromatic rings. The van der Waals surface area contributed by atoms with Crippen LogP contribution in [0, 0.1) is 0 Å². The van der Waals surface area contributed by atoms with Crippen molar-refractivity contribution in [2.24, 2.45) is 10.7 Å². The Morgan fingerprint density at radius 1 is 0.903 bits per heavy atom. The van der Waals surface area contributed by atoms with Crippen LogP contribution in [-0.2, 0) is 0 Å². The zero-order valence-corrected chi connectivity index (χ0v) is 15.8. The second kappa shape index (κ2) is 9.38. The number of aliphatic imine (C=N–C) groups is 1. The molecule has 1 heterocycles. The highest BCUT2D eigenvalue weighted by Crippen LogP contribution is 2.25. The molecule has 0 unspecified atom stereocenters. The molecule has 31 heavy (non-hydrogen) atoms. The lowest BCUT2D eigenvalue weighted by Crippen LogP contribution is -2.35. The van der Waals surface area contributed by atoms with Gasteiger partial charge < -0.3 is 16.4 Å². The zero-order chi connectivity index (χ0) is 24.2. The lowest BCUT2D eigenvalue weighted by atomic mass is 10.3. The third kappa shape index (κ3) is 8.29. The van der Waals surface area contributed by atoms with E-state index < -0.39 is 54.0 Å². The maximum atomic E-state index is 12.8. The molecule has 0 saturated carbocycles. The predicted octanol–water partition coefficient (Wildman–Crippen LogP) is 4.04. The summed E-state index contributed by atoms with van der Waals surface area (Å²) in [5.41, 5.74) is 2.82. The molecule has 0 aliphatic carbocycles. The number of aromatic nitrogens is 3. The van der Waals surface area contributed by atoms with E-state index in [-0.39, 0.29) is 11.8 Å². The molecule has 1 rings (SSSR count). The van der Waals surface area contributed by atoms with Crippen molar-refractivity contribution < 1.29 is 39.5 Å². The lowest BCUT2D eigenvalue weighted by molar-refractivity contribution is -0.139. The zero-order valence-electron chi connectivity index (χ0n) is 15.8. The van der Waals surface area contributed by atoms with Crippen molar-refractivity contribution in [2.45, 2.75) is 44.5 Å². The quantitative estimate of drug-likeness (QED) is 0.415. The Hall–Kier alpha value is -3.07. The number of alkyl halides is 9. The Balaban J connectivity index is 3.26. The van der Waals surface area contributed by atoms with Crippen molar-refractivity contribution in [1.29, 1.82) is 0 Å². The van der Waals surface area contributed by atoms with Crippen molar-refractivity contribution in [1.82, 2.24) is 15.0 Å². The van der Waals surface area contributed by atoms with Gasteiger partial charge in [0.25, 0.3) is 0 Å². The summed E-state index contributed by atoms with van der Waals surface area (Å²) in [6, 6.07) is -4.38. The molecule has 0 radical (unpaired) electrons. The fraction of sp³-hybridized carbons (Fsp3) is 0.467. The summed E-state index contributed by atoms with van der Waals surface area (Å²) in [4.78, 5) is 13.9. The van der Waals surface area contributed by atoms with E-state index in [1.165, 1.54) is 0 Å². The highest BCUT2D eigenvalue weighted by atomic mass is 19.4. The number of rotatable bonds is 7. The van der Waals surface area contributed by atoms with E-state index in [1.807, 2.05) is 10.6 Å². The van der Waals surface area contributed by atoms with E-state index in [0.29, 0.717) is 20.1 Å². The van der Waals surface area contributed by atoms with Gasteiger partial charge in [0.15, 0.2) is 5.82 Å². The average molecular weight is 465 g/mol. The molecule has 0 fully saturated rings. The maximum absolute atomic E-state index is 12.8. The van der Waals surface area contributed by atoms with Crippen molar-refractivity contribution in [2.75, 3.05) is 10.6 Å². The smallest absolute Gasteiger partial charge is 0.393 e. The second-order valence-corrected chi connectivity index (χ2v) is 6.01. The highest BCUT2D eigenvalue weighted by molar-refractivity contribution is 6.07. The number of hydrogen-bond acceptors (Lipinski definition) is 7. The number of hydrogen-bond donors (Lipinski definition) is 3. The minimum absolute atomic E-state index is 0.224. The van der Waals surface area contributed by atoms with Gasteiger partial charge in [0, 0.05) is 11.8 Å². The molecule has 7 nitrogen and oxygen atoms in total. The van der Waals surface area contributed by atoms with Gasteiger partial charge >= 0.3 is 18.5 Å². The van der Waals surface area contributed by atoms with Gasteiger partial charge in [0.05, 0.1) is 6.20 Å². The highest BCUT2D eigenvalue weighted by Gasteiger charge is 2.38. The molecule has 0 aliphatic heterocycles. The van der Waals surface area contributed by atoms with Crippen molar-refractivity contribution in [3.8, 4) is 0 Å². The van der Waals surface area contributed by atoms with E-state index >= 15 is 0 Å². The van der Waals surface area contributed by atoms with Gasteiger partial charge in [-0.2, -0.15) is 54.5 Å². The van der Waals surface area contributed by atoms with Crippen molar-refractivity contribution in [3.63, 3.8) is 0 Å². The Labute approximate surface area is 169 Å². The van der Waals surface area contributed by atoms with Crippen LogP contribution in [0.5, 0.6) is 0 Å². The maximum Gasteiger partial charge on any atom is 0.432 e. The monoisotopic (exact) mass is 465 g/mol. The first-order chi connectivity index (χ1) is 13.9. The average Bonchev–Trinajstić information content (AvgIpc) is 2.58. The number of nitrogens with two attached hydrogens (primary N) is 1. The third-order valence-electron chi connectivity index (χ3n) is 3.37. The summed E-state index contributed by atoms with van der Waals surface area (Å²) < 4.78 is 113. The van der Waals surface area contributed by atoms with Gasteiger partial charge in [-0.05, 0) is 13.8 Å². The Morgan fingerprint density at radius 3 is 1.68 bits per heavy atom. The first kappa shape index (κ1) is 26.0. The SMILES string of the molecule is C=C(C=N/C=C(\N)C(F)(F)F)c1nc(N[C@H](C)C(F)(F)F)nc(N[C@H](C)C(F)(F)F)n1. The van der Waals surface area contributed by atoms with Crippen LogP contribution in [0.3, 0.4) is 0 Å². The van der Waals surface area contributed by atoms with Gasteiger partial charge in [0.2, 0.25) is 11.9 Å². The van der Waals surface area contributed by atoms with Crippen molar-refractivity contribution >= 4 is 23.7 Å². The van der Waals surface area contributed by atoms with E-state index in [4.69, 9.17) is 5.73 Å². The topological polar surface area (TPSA) is 101 Å². The fourth-order valence-corrected chi connectivity index (χ4v) is 1.54. The van der Waals surface area contributed by atoms with Crippen LogP contribution in [0.2, 0.25) is 0 Å². The van der Waals surface area contributed by atoms with Crippen LogP contribution < -0.4 is 16.4 Å². The Kier molecular flexibility index (Phi) is 7.86. The number of nitrogens with zero attached hydrogens (tertiary/aromatic N) is 4. The molecule has 0 amide bonds. The van der Waals surface area contributed by atoms with E-state index in [0.717, 1.165) is 0 Å². The number of halogens is 9. The number of anilines is 2. The molecule has 0 aliphatic rings. The normalized spacial score (nSPS) is 15.6. The summed E-state index contributed by atoms with van der Waals surface area (Å²) in [6.07, 6.45) is -13.4. The van der Waals surface area contributed by atoms with Crippen molar-refractivity contribution in [3.05, 3.63) is 24.3 Å². The van der Waals surface area contributed by atoms with Crippen LogP contribution in [0.4, 0.5) is 51.4 Å². The second-order valence-electron chi connectivity index (χ2n) is 6.01. The molecular formula is C15H16F9N7. The molecule has 4 N–H and O–H groups in total. The van der Waals surface area contributed by atoms with E-state index in [2.05, 4.69) is 26.5 Å². The molecular weight excluding hydrogens is 449 g/mol. The Morgan fingerprint density at radius 2 is 1.32 bits per heavy atom. The summed E-state index contributed by atoms with van der Waals surface area (Å²) >= 11 is 0. The molecule has 16 heteroatoms. The summed E-state index contributed by atoms with van der Waals surface area (Å²) in [6.45, 7) is 4.78. The summed E-state index contributed by atoms with van der Waals surface area (Å²) in [7, 11) is 0. The van der Waals surface area contributed by atoms with Crippen LogP contribution in [0.25, 0.3) is 5.57 Å². The summed E-state index contributed by atoms with van der Waals surface area (Å²) in [5, 5.41) is 3.70. The van der Waals surface area contributed by atoms with Gasteiger partial charge in [-0.3, -0.25) is 4.99 Å². The molecule has 174 valence electrons. The minimum atomic E-state index is -4.86. The Bertz CT molecular complexity index is 800. The van der Waals surface area contributed by atoms with Crippen LogP contribution >= 0.6 is 0 Å². The predicted molar refractivity (Wildman–Crippen MR) is 94.0 cm³/mol. The van der Waals surface area contributed by atoms with Gasteiger partial charge in [-0.1, -0.05) is 6.58 Å². The largest absolute Gasteiger partial charge is 0.432 e. The van der Waals surface area contributed by atoms with Gasteiger partial charge in [0.1, 0.15) is 17.8 Å². The summed E-state index contributed by atoms with van der Waals surface area (Å²) in [5.74, 6) is -2.07. The lowest BCUT2D eigenvalue weighted by Gasteiger charge is -2.20. The minimum Gasteiger partial charge on any atom is -0.393 e. The first-order valence-corrected chi connectivity index (χ1v) is 8.09. The molecule has 0 saturated heterocycles. The molecule has 0 aromatic carbocycles. The van der Waals surface area contributed by atoms with Gasteiger partial charge in [-0.25, -0.2) is 0 Å². The van der Waals surface area contributed by atoms with Crippen LogP contribution in [0.15, 0.2) is 23.5 Å². The first-order valence-electron chi connectivity index (χ1n) is 8.09. The van der Waals surface area contributed by atoms with E-state index in [9.17, 15) is 39.5 Å². The third-order valence-corrected chi connectivity index (χ3v) is 3.37. The molecule has 1 aromatic heterocycles. The van der Waals surface area contributed by atoms with Gasteiger partial charge in [-0.15, -0.1) is 0 Å².